The number of sulfonamides is 1. The summed E-state index contributed by atoms with van der Waals surface area (Å²) in [5, 5.41) is 8.56. The second kappa shape index (κ2) is 7.21. The molecule has 0 radical (unpaired) electrons. The van der Waals surface area contributed by atoms with E-state index < -0.39 is 16.0 Å². The van der Waals surface area contributed by atoms with Gasteiger partial charge in [0, 0.05) is 12.6 Å². The Morgan fingerprint density at radius 1 is 1.45 bits per heavy atom. The smallest absolute Gasteiger partial charge is 0.328 e. The second-order valence-corrected chi connectivity index (χ2v) is 6.38. The molecule has 0 fully saturated rings. The molecule has 2 N–H and O–H groups in total. The molecule has 5 nitrogen and oxygen atoms in total. The maximum atomic E-state index is 12.1. The van der Waals surface area contributed by atoms with Crippen molar-refractivity contribution in [2.45, 2.75) is 25.2 Å². The number of rotatable bonds is 7. The minimum atomic E-state index is -3.56. The first-order chi connectivity index (χ1) is 9.35. The zero-order chi connectivity index (χ0) is 15.2. The molecule has 1 atom stereocenters. The summed E-state index contributed by atoms with van der Waals surface area (Å²) < 4.78 is 26.7. The van der Waals surface area contributed by atoms with Gasteiger partial charge in [0.1, 0.15) is 0 Å². The molecule has 1 aromatic rings. The summed E-state index contributed by atoms with van der Waals surface area (Å²) in [5.41, 5.74) is 0.527. The van der Waals surface area contributed by atoms with E-state index in [4.69, 9.17) is 5.11 Å². The molecule has 0 saturated carbocycles. The van der Waals surface area contributed by atoms with Crippen LogP contribution < -0.4 is 4.72 Å². The van der Waals surface area contributed by atoms with Gasteiger partial charge >= 0.3 is 5.97 Å². The van der Waals surface area contributed by atoms with E-state index >= 15 is 0 Å². The average Bonchev–Trinajstić information content (AvgIpc) is 2.43. The average molecular weight is 297 g/mol. The zero-order valence-electron chi connectivity index (χ0n) is 11.5. The molecular weight excluding hydrogens is 278 g/mol. The van der Waals surface area contributed by atoms with Gasteiger partial charge in [0.25, 0.3) is 0 Å². The molecule has 1 rings (SSSR count). The van der Waals surface area contributed by atoms with Crippen LogP contribution in [0.1, 0.15) is 25.8 Å². The van der Waals surface area contributed by atoms with Gasteiger partial charge in [0.2, 0.25) is 10.0 Å². The van der Waals surface area contributed by atoms with E-state index in [1.54, 1.807) is 12.1 Å². The molecule has 1 unspecified atom stereocenters. The Kier molecular flexibility index (Phi) is 5.91. The number of benzene rings is 1. The molecule has 0 spiro atoms. The lowest BCUT2D eigenvalue weighted by Crippen LogP contribution is -2.28. The standard InChI is InChI=1S/C14H19NO4S/c1-3-11(2)10-15-20(18,19)13-6-4-5-12(9-13)7-8-14(16)17/h4-9,11,15H,3,10H2,1-2H3,(H,16,17). The van der Waals surface area contributed by atoms with Gasteiger partial charge in [-0.15, -0.1) is 0 Å². The number of hydrogen-bond donors (Lipinski definition) is 2. The van der Waals surface area contributed by atoms with Crippen molar-refractivity contribution in [1.82, 2.24) is 4.72 Å². The molecule has 0 aromatic heterocycles. The number of nitrogens with one attached hydrogen (secondary N) is 1. The topological polar surface area (TPSA) is 83.5 Å². The second-order valence-electron chi connectivity index (χ2n) is 4.61. The molecule has 0 amide bonds. The van der Waals surface area contributed by atoms with Crippen molar-refractivity contribution < 1.29 is 18.3 Å². The lowest BCUT2D eigenvalue weighted by molar-refractivity contribution is -0.131. The highest BCUT2D eigenvalue weighted by atomic mass is 32.2. The highest BCUT2D eigenvalue weighted by Gasteiger charge is 2.14. The zero-order valence-corrected chi connectivity index (χ0v) is 12.4. The van der Waals surface area contributed by atoms with Gasteiger partial charge in [-0.05, 0) is 29.7 Å². The molecule has 0 saturated heterocycles. The van der Waals surface area contributed by atoms with E-state index in [9.17, 15) is 13.2 Å². The van der Waals surface area contributed by atoms with E-state index in [0.717, 1.165) is 12.5 Å². The largest absolute Gasteiger partial charge is 0.478 e. The molecule has 6 heteroatoms. The van der Waals surface area contributed by atoms with Gasteiger partial charge in [0.15, 0.2) is 0 Å². The van der Waals surface area contributed by atoms with Crippen molar-refractivity contribution in [3.63, 3.8) is 0 Å². The van der Waals surface area contributed by atoms with Crippen LogP contribution in [0, 0.1) is 5.92 Å². The Labute approximate surface area is 119 Å². The molecule has 0 aliphatic rings. The van der Waals surface area contributed by atoms with Crippen LogP contribution in [0.3, 0.4) is 0 Å². The van der Waals surface area contributed by atoms with Crippen LogP contribution in [0.4, 0.5) is 0 Å². The SMILES string of the molecule is CCC(C)CNS(=O)(=O)c1cccc(C=CC(=O)O)c1. The first-order valence-electron chi connectivity index (χ1n) is 6.36. The normalized spacial score (nSPS) is 13.5. The number of hydrogen-bond acceptors (Lipinski definition) is 3. The van der Waals surface area contributed by atoms with E-state index in [2.05, 4.69) is 4.72 Å². The van der Waals surface area contributed by atoms with E-state index in [1.165, 1.54) is 18.2 Å². The summed E-state index contributed by atoms with van der Waals surface area (Å²) in [4.78, 5) is 10.6. The van der Waals surface area contributed by atoms with Gasteiger partial charge < -0.3 is 5.11 Å². The summed E-state index contributed by atoms with van der Waals surface area (Å²) >= 11 is 0. The highest BCUT2D eigenvalue weighted by Crippen LogP contribution is 2.13. The van der Waals surface area contributed by atoms with Crippen molar-refractivity contribution in [3.05, 3.63) is 35.9 Å². The van der Waals surface area contributed by atoms with Gasteiger partial charge in [-0.3, -0.25) is 0 Å². The molecule has 0 bridgehead atoms. The Morgan fingerprint density at radius 2 is 2.15 bits per heavy atom. The van der Waals surface area contributed by atoms with E-state index in [-0.39, 0.29) is 10.8 Å². The number of aliphatic carboxylic acids is 1. The number of carboxylic acid groups (broad SMARTS) is 1. The molecule has 0 aliphatic heterocycles. The van der Waals surface area contributed by atoms with Crippen LogP contribution in [-0.4, -0.2) is 26.0 Å². The van der Waals surface area contributed by atoms with E-state index in [1.807, 2.05) is 13.8 Å². The Balaban J connectivity index is 2.90. The third kappa shape index (κ3) is 5.14. The van der Waals surface area contributed by atoms with Gasteiger partial charge in [-0.1, -0.05) is 32.4 Å². The summed E-state index contributed by atoms with van der Waals surface area (Å²) in [6.07, 6.45) is 3.22. The van der Waals surface area contributed by atoms with Crippen molar-refractivity contribution in [2.24, 2.45) is 5.92 Å². The van der Waals surface area contributed by atoms with Crippen molar-refractivity contribution >= 4 is 22.1 Å². The molecule has 110 valence electrons. The minimum Gasteiger partial charge on any atom is -0.478 e. The fourth-order valence-corrected chi connectivity index (χ4v) is 2.65. The van der Waals surface area contributed by atoms with Crippen LogP contribution in [0.25, 0.3) is 6.08 Å². The summed E-state index contributed by atoms with van der Waals surface area (Å²) in [5.74, 6) is -0.812. The molecule has 1 aromatic carbocycles. The lowest BCUT2D eigenvalue weighted by atomic mass is 10.1. The van der Waals surface area contributed by atoms with Crippen LogP contribution in [0.2, 0.25) is 0 Å². The quantitative estimate of drug-likeness (QED) is 0.755. The predicted octanol–water partition coefficient (Wildman–Crippen LogP) is 2.11. The summed E-state index contributed by atoms with van der Waals surface area (Å²) in [6, 6.07) is 6.15. The molecule has 20 heavy (non-hydrogen) atoms. The van der Waals surface area contributed by atoms with Crippen molar-refractivity contribution in [1.29, 1.82) is 0 Å². The number of carboxylic acids is 1. The summed E-state index contributed by atoms with van der Waals surface area (Å²) in [6.45, 7) is 4.35. The fourth-order valence-electron chi connectivity index (χ4n) is 1.43. The van der Waals surface area contributed by atoms with Gasteiger partial charge in [-0.25, -0.2) is 17.9 Å². The molecule has 0 heterocycles. The van der Waals surface area contributed by atoms with Gasteiger partial charge in [0.05, 0.1) is 4.90 Å². The first kappa shape index (κ1) is 16.4. The van der Waals surface area contributed by atoms with Gasteiger partial charge in [-0.2, -0.15) is 0 Å². The third-order valence-corrected chi connectivity index (χ3v) is 4.33. The van der Waals surface area contributed by atoms with Crippen molar-refractivity contribution in [3.8, 4) is 0 Å². The first-order valence-corrected chi connectivity index (χ1v) is 7.84. The van der Waals surface area contributed by atoms with Crippen molar-refractivity contribution in [2.75, 3.05) is 6.54 Å². The molecule has 0 aliphatic carbocycles. The third-order valence-electron chi connectivity index (χ3n) is 2.91. The predicted molar refractivity (Wildman–Crippen MR) is 77.8 cm³/mol. The van der Waals surface area contributed by atoms with Crippen LogP contribution in [-0.2, 0) is 14.8 Å². The molecular formula is C14H19NO4S. The number of carbonyl (C=O) groups is 1. The Bertz CT molecular complexity index is 593. The highest BCUT2D eigenvalue weighted by molar-refractivity contribution is 7.89. The fraction of sp³-hybridized carbons (Fsp3) is 0.357. The maximum Gasteiger partial charge on any atom is 0.328 e. The monoisotopic (exact) mass is 297 g/mol. The Hall–Kier alpha value is -1.66. The minimum absolute atomic E-state index is 0.133. The van der Waals surface area contributed by atoms with Crippen LogP contribution in [0.5, 0.6) is 0 Å². The van der Waals surface area contributed by atoms with Crippen LogP contribution >= 0.6 is 0 Å². The van der Waals surface area contributed by atoms with E-state index in [0.29, 0.717) is 12.1 Å². The lowest BCUT2D eigenvalue weighted by Gasteiger charge is -2.11. The summed E-state index contributed by atoms with van der Waals surface area (Å²) in [7, 11) is -3.56. The Morgan fingerprint density at radius 3 is 2.75 bits per heavy atom. The van der Waals surface area contributed by atoms with Crippen LogP contribution in [0.15, 0.2) is 35.2 Å². The maximum absolute atomic E-state index is 12.1.